The lowest BCUT2D eigenvalue weighted by Gasteiger charge is -2.32. The zero-order valence-electron chi connectivity index (χ0n) is 19.6. The topological polar surface area (TPSA) is 57.6 Å². The van der Waals surface area contributed by atoms with Crippen molar-refractivity contribution in [3.63, 3.8) is 0 Å². The van der Waals surface area contributed by atoms with Crippen LogP contribution in [-0.2, 0) is 11.3 Å². The van der Waals surface area contributed by atoms with Crippen LogP contribution in [0.3, 0.4) is 0 Å². The standard InChI is InChI=1S/C26H30ClFN4O2/c1-30(2)14-11-29-25(33)17-32-16-22(21-8-7-19(27)15-24(21)32)26(34)31-12-9-18(10-13-31)20-5-3-4-6-23(20)28/h3-8,15-16,18H,9-14,17H2,1-2H3,(H,29,33). The van der Waals surface area contributed by atoms with Gasteiger partial charge in [0, 0.05) is 42.8 Å². The molecule has 0 saturated carbocycles. The summed E-state index contributed by atoms with van der Waals surface area (Å²) < 4.78 is 16.0. The van der Waals surface area contributed by atoms with E-state index in [1.165, 1.54) is 6.07 Å². The van der Waals surface area contributed by atoms with Crippen LogP contribution in [0.1, 0.15) is 34.7 Å². The number of rotatable bonds is 7. The zero-order chi connectivity index (χ0) is 24.2. The van der Waals surface area contributed by atoms with Crippen LogP contribution in [-0.4, -0.2) is 66.5 Å². The fraction of sp³-hybridized carbons (Fsp3) is 0.385. The van der Waals surface area contributed by atoms with Crippen LogP contribution in [0.15, 0.2) is 48.7 Å². The van der Waals surface area contributed by atoms with Gasteiger partial charge in [-0.15, -0.1) is 0 Å². The Morgan fingerprint density at radius 3 is 2.59 bits per heavy atom. The van der Waals surface area contributed by atoms with E-state index in [0.29, 0.717) is 43.1 Å². The molecule has 1 aliphatic heterocycles. The van der Waals surface area contributed by atoms with Crippen LogP contribution >= 0.6 is 11.6 Å². The molecule has 2 amide bonds. The summed E-state index contributed by atoms with van der Waals surface area (Å²) in [5, 5.41) is 4.22. The maximum absolute atomic E-state index is 14.2. The van der Waals surface area contributed by atoms with E-state index in [1.54, 1.807) is 29.0 Å². The lowest BCUT2D eigenvalue weighted by molar-refractivity contribution is -0.121. The average Bonchev–Trinajstić information content (AvgIpc) is 3.16. The summed E-state index contributed by atoms with van der Waals surface area (Å²) >= 11 is 6.22. The summed E-state index contributed by atoms with van der Waals surface area (Å²) in [7, 11) is 3.90. The number of fused-ring (bicyclic) bond motifs is 1. The van der Waals surface area contributed by atoms with Crippen molar-refractivity contribution in [2.75, 3.05) is 40.3 Å². The van der Waals surface area contributed by atoms with Crippen LogP contribution in [0.25, 0.3) is 10.9 Å². The molecule has 8 heteroatoms. The van der Waals surface area contributed by atoms with E-state index in [-0.39, 0.29) is 30.1 Å². The monoisotopic (exact) mass is 484 g/mol. The van der Waals surface area contributed by atoms with E-state index >= 15 is 0 Å². The fourth-order valence-corrected chi connectivity index (χ4v) is 4.73. The van der Waals surface area contributed by atoms with Gasteiger partial charge in [0.25, 0.3) is 5.91 Å². The molecule has 2 aromatic carbocycles. The summed E-state index contributed by atoms with van der Waals surface area (Å²) in [4.78, 5) is 29.8. The van der Waals surface area contributed by atoms with Gasteiger partial charge in [0.2, 0.25) is 5.91 Å². The molecule has 1 saturated heterocycles. The SMILES string of the molecule is CN(C)CCNC(=O)Cn1cc(C(=O)N2CCC(c3ccccc3F)CC2)c2ccc(Cl)cc21. The van der Waals surface area contributed by atoms with Crippen molar-refractivity contribution in [2.24, 2.45) is 0 Å². The predicted molar refractivity (Wildman–Crippen MR) is 133 cm³/mol. The maximum atomic E-state index is 14.2. The van der Waals surface area contributed by atoms with Gasteiger partial charge in [-0.1, -0.05) is 35.9 Å². The third-order valence-electron chi connectivity index (χ3n) is 6.40. The molecule has 34 heavy (non-hydrogen) atoms. The van der Waals surface area contributed by atoms with Gasteiger partial charge in [0.1, 0.15) is 12.4 Å². The van der Waals surface area contributed by atoms with Gasteiger partial charge in [-0.25, -0.2) is 4.39 Å². The number of likely N-dealkylation sites (tertiary alicyclic amines) is 1. The Balaban J connectivity index is 1.50. The number of benzene rings is 2. The number of nitrogens with one attached hydrogen (secondary N) is 1. The number of aromatic nitrogens is 1. The van der Waals surface area contributed by atoms with Crippen molar-refractivity contribution in [3.05, 3.63) is 70.6 Å². The molecule has 3 aromatic rings. The Morgan fingerprint density at radius 2 is 1.88 bits per heavy atom. The molecular formula is C26H30ClFN4O2. The molecule has 1 aliphatic rings. The highest BCUT2D eigenvalue weighted by molar-refractivity contribution is 6.31. The molecule has 0 atom stereocenters. The normalized spacial score (nSPS) is 14.7. The Hall–Kier alpha value is -2.90. The second-order valence-corrected chi connectivity index (χ2v) is 9.51. The molecule has 2 heterocycles. The minimum absolute atomic E-state index is 0.0777. The number of carbonyl (C=O) groups is 2. The maximum Gasteiger partial charge on any atom is 0.256 e. The van der Waals surface area contributed by atoms with Gasteiger partial charge in [-0.2, -0.15) is 0 Å². The molecule has 0 aliphatic carbocycles. The van der Waals surface area contributed by atoms with E-state index in [4.69, 9.17) is 11.6 Å². The van der Waals surface area contributed by atoms with Crippen molar-refractivity contribution in [3.8, 4) is 0 Å². The van der Waals surface area contributed by atoms with Crippen molar-refractivity contribution in [1.82, 2.24) is 19.7 Å². The molecule has 0 radical (unpaired) electrons. The Kier molecular flexibility index (Phi) is 7.54. The number of hydrogen-bond donors (Lipinski definition) is 1. The van der Waals surface area contributed by atoms with Crippen LogP contribution in [0.2, 0.25) is 5.02 Å². The van der Waals surface area contributed by atoms with E-state index in [0.717, 1.165) is 23.0 Å². The van der Waals surface area contributed by atoms with Gasteiger partial charge in [0.15, 0.2) is 0 Å². The second kappa shape index (κ2) is 10.6. The number of likely N-dealkylation sites (N-methyl/N-ethyl adjacent to an activating group) is 1. The molecule has 1 fully saturated rings. The van der Waals surface area contributed by atoms with Gasteiger partial charge in [-0.3, -0.25) is 9.59 Å². The quantitative estimate of drug-likeness (QED) is 0.548. The summed E-state index contributed by atoms with van der Waals surface area (Å²) in [5.41, 5.74) is 2.03. The molecule has 180 valence electrons. The minimum atomic E-state index is -0.184. The van der Waals surface area contributed by atoms with Gasteiger partial charge < -0.3 is 19.7 Å². The first-order chi connectivity index (χ1) is 16.3. The summed E-state index contributed by atoms with van der Waals surface area (Å²) in [6.07, 6.45) is 3.18. The van der Waals surface area contributed by atoms with Crippen LogP contribution in [0.4, 0.5) is 4.39 Å². The first kappa shape index (κ1) is 24.2. The highest BCUT2D eigenvalue weighted by Gasteiger charge is 2.28. The average molecular weight is 485 g/mol. The Labute approximate surface area is 204 Å². The molecular weight excluding hydrogens is 455 g/mol. The van der Waals surface area contributed by atoms with E-state index in [9.17, 15) is 14.0 Å². The summed E-state index contributed by atoms with van der Waals surface area (Å²) in [5.74, 6) is -0.276. The number of halogens is 2. The van der Waals surface area contributed by atoms with Gasteiger partial charge in [-0.05, 0) is 56.6 Å². The number of hydrogen-bond acceptors (Lipinski definition) is 3. The molecule has 6 nitrogen and oxygen atoms in total. The first-order valence-electron chi connectivity index (χ1n) is 11.6. The Bertz CT molecular complexity index is 1180. The summed E-state index contributed by atoms with van der Waals surface area (Å²) in [6.45, 7) is 2.52. The smallest absolute Gasteiger partial charge is 0.256 e. The highest BCUT2D eigenvalue weighted by Crippen LogP contribution is 2.32. The molecule has 4 rings (SSSR count). The van der Waals surface area contributed by atoms with E-state index in [2.05, 4.69) is 5.32 Å². The third kappa shape index (κ3) is 5.42. The summed E-state index contributed by atoms with van der Waals surface area (Å²) in [6, 6.07) is 12.2. The largest absolute Gasteiger partial charge is 0.353 e. The third-order valence-corrected chi connectivity index (χ3v) is 6.63. The van der Waals surface area contributed by atoms with Crippen molar-refractivity contribution >= 4 is 34.3 Å². The number of piperidine rings is 1. The van der Waals surface area contributed by atoms with E-state index < -0.39 is 0 Å². The van der Waals surface area contributed by atoms with Gasteiger partial charge >= 0.3 is 0 Å². The Morgan fingerprint density at radius 1 is 1.15 bits per heavy atom. The molecule has 0 bridgehead atoms. The van der Waals surface area contributed by atoms with E-state index in [1.807, 2.05) is 42.1 Å². The van der Waals surface area contributed by atoms with Crippen molar-refractivity contribution in [1.29, 1.82) is 0 Å². The van der Waals surface area contributed by atoms with Crippen molar-refractivity contribution in [2.45, 2.75) is 25.3 Å². The number of nitrogens with zero attached hydrogens (tertiary/aromatic N) is 3. The lowest BCUT2D eigenvalue weighted by atomic mass is 9.89. The molecule has 0 unspecified atom stereocenters. The van der Waals surface area contributed by atoms with Crippen LogP contribution in [0.5, 0.6) is 0 Å². The predicted octanol–water partition coefficient (Wildman–Crippen LogP) is 4.13. The first-order valence-corrected chi connectivity index (χ1v) is 11.9. The second-order valence-electron chi connectivity index (χ2n) is 9.07. The molecule has 1 N–H and O–H groups in total. The fourth-order valence-electron chi connectivity index (χ4n) is 4.57. The minimum Gasteiger partial charge on any atom is -0.353 e. The zero-order valence-corrected chi connectivity index (χ0v) is 20.3. The molecule has 0 spiro atoms. The van der Waals surface area contributed by atoms with Crippen LogP contribution in [0, 0.1) is 5.82 Å². The molecule has 1 aromatic heterocycles. The number of carbonyl (C=O) groups excluding carboxylic acids is 2. The van der Waals surface area contributed by atoms with Crippen LogP contribution < -0.4 is 5.32 Å². The highest BCUT2D eigenvalue weighted by atomic mass is 35.5. The number of amides is 2. The van der Waals surface area contributed by atoms with Crippen molar-refractivity contribution < 1.29 is 14.0 Å². The van der Waals surface area contributed by atoms with Gasteiger partial charge in [0.05, 0.1) is 11.1 Å². The lowest BCUT2D eigenvalue weighted by Crippen LogP contribution is -2.38.